The van der Waals surface area contributed by atoms with Crippen LogP contribution in [0.5, 0.6) is 5.75 Å². The topological polar surface area (TPSA) is 117 Å². The molecule has 0 bridgehead atoms. The van der Waals surface area contributed by atoms with E-state index in [1.165, 1.54) is 0 Å². The largest absolute Gasteiger partial charge is 0.460 e. The van der Waals surface area contributed by atoms with E-state index in [2.05, 4.69) is 10.1 Å². The van der Waals surface area contributed by atoms with Gasteiger partial charge in [0, 0.05) is 5.92 Å². The second-order valence-electron chi connectivity index (χ2n) is 11.2. The van der Waals surface area contributed by atoms with Gasteiger partial charge in [0.1, 0.15) is 18.2 Å². The Hall–Kier alpha value is -5.01. The van der Waals surface area contributed by atoms with Crippen LogP contribution in [-0.4, -0.2) is 48.4 Å². The molecule has 0 spiro atoms. The van der Waals surface area contributed by atoms with Crippen molar-refractivity contribution in [3.05, 3.63) is 88.7 Å². The fourth-order valence-corrected chi connectivity index (χ4v) is 4.69. The number of esters is 3. The molecule has 1 aliphatic rings. The molecule has 0 radical (unpaired) electrons. The Morgan fingerprint density at radius 1 is 0.783 bits per heavy atom. The lowest BCUT2D eigenvalue weighted by molar-refractivity contribution is -0.166. The Balaban J connectivity index is 1.46. The van der Waals surface area contributed by atoms with Gasteiger partial charge in [-0.15, -0.1) is 0 Å². The van der Waals surface area contributed by atoms with Gasteiger partial charge in [0.15, 0.2) is 6.10 Å². The molecule has 0 aliphatic heterocycles. The summed E-state index contributed by atoms with van der Waals surface area (Å²) in [5.41, 5.74) is 2.75. The monoisotopic (exact) mass is 649 g/mol. The molecule has 4 rings (SSSR count). The number of nitrogens with one attached hydrogen (secondary N) is 1. The lowest BCUT2D eigenvalue weighted by Crippen LogP contribution is -2.46. The van der Waals surface area contributed by atoms with E-state index in [-0.39, 0.29) is 12.5 Å². The summed E-state index contributed by atoms with van der Waals surface area (Å²) in [6.45, 7) is 5.36. The summed E-state index contributed by atoms with van der Waals surface area (Å²) in [6.07, 6.45) is -3.93. The van der Waals surface area contributed by atoms with Gasteiger partial charge in [-0.05, 0) is 49.9 Å². The van der Waals surface area contributed by atoms with Crippen molar-refractivity contribution >= 4 is 24.0 Å². The molecule has 0 heterocycles. The molecule has 0 saturated carbocycles. The summed E-state index contributed by atoms with van der Waals surface area (Å²) < 4.78 is 88.1. The van der Waals surface area contributed by atoms with Crippen molar-refractivity contribution in [1.29, 1.82) is 0 Å². The van der Waals surface area contributed by atoms with E-state index >= 15 is 0 Å². The molecule has 0 saturated heterocycles. The molecule has 0 aromatic heterocycles. The molecule has 1 amide bonds. The Morgan fingerprint density at radius 2 is 1.28 bits per heavy atom. The Labute approximate surface area is 259 Å². The predicted octanol–water partition coefficient (Wildman–Crippen LogP) is 5.86. The van der Waals surface area contributed by atoms with Crippen LogP contribution in [0.2, 0.25) is 0 Å². The van der Waals surface area contributed by atoms with Crippen molar-refractivity contribution in [3.63, 3.8) is 0 Å². The number of alkyl carbamates (subject to hydrolysis) is 1. The number of ether oxygens (including phenoxy) is 4. The molecular weight excluding hydrogens is 621 g/mol. The van der Waals surface area contributed by atoms with Crippen molar-refractivity contribution in [3.8, 4) is 16.9 Å². The Kier molecular flexibility index (Phi) is 9.98. The second-order valence-corrected chi connectivity index (χ2v) is 11.2. The zero-order valence-electron chi connectivity index (χ0n) is 24.9. The van der Waals surface area contributed by atoms with E-state index in [0.717, 1.165) is 29.2 Å². The molecular formula is C32H28F5NO8. The second kappa shape index (κ2) is 13.5. The van der Waals surface area contributed by atoms with Gasteiger partial charge in [-0.1, -0.05) is 48.5 Å². The molecule has 2 atom stereocenters. The van der Waals surface area contributed by atoms with Crippen LogP contribution in [0.15, 0.2) is 48.5 Å². The Bertz CT molecular complexity index is 1610. The third kappa shape index (κ3) is 7.44. The molecule has 1 N–H and O–H groups in total. The average Bonchev–Trinajstić information content (AvgIpc) is 3.32. The van der Waals surface area contributed by atoms with Crippen molar-refractivity contribution in [2.45, 2.75) is 57.8 Å². The standard InChI is InChI=1S/C32H28F5NO8/c1-15(29(40)45-28-26(36)24(34)23(33)25(35)27(28)37)44-30(41)21(13-22(39)46-32(2,3)4)38-31(42)43-14-20-18-11-7-5-9-16(18)17-10-6-8-12-19(17)20/h5-12,15,20-21H,13-14H2,1-4H3,(H,38,42)/t15-,21-/m0/s1. The zero-order chi connectivity index (χ0) is 33.9. The van der Waals surface area contributed by atoms with Crippen LogP contribution in [0.3, 0.4) is 0 Å². The van der Waals surface area contributed by atoms with Crippen LogP contribution in [-0.2, 0) is 28.6 Å². The van der Waals surface area contributed by atoms with Crippen molar-refractivity contribution in [2.75, 3.05) is 6.61 Å². The lowest BCUT2D eigenvalue weighted by atomic mass is 9.98. The van der Waals surface area contributed by atoms with Gasteiger partial charge < -0.3 is 24.3 Å². The molecule has 0 unspecified atom stereocenters. The smallest absolute Gasteiger partial charge is 0.407 e. The summed E-state index contributed by atoms with van der Waals surface area (Å²) in [5, 5.41) is 2.19. The predicted molar refractivity (Wildman–Crippen MR) is 150 cm³/mol. The first kappa shape index (κ1) is 33.9. The average molecular weight is 650 g/mol. The molecule has 1 aliphatic carbocycles. The number of hydrogen-bond acceptors (Lipinski definition) is 8. The fraction of sp³-hybridized carbons (Fsp3) is 0.312. The van der Waals surface area contributed by atoms with Crippen LogP contribution in [0.25, 0.3) is 11.1 Å². The van der Waals surface area contributed by atoms with Crippen LogP contribution in [0, 0.1) is 29.1 Å². The third-order valence-electron chi connectivity index (χ3n) is 6.71. The summed E-state index contributed by atoms with van der Waals surface area (Å²) in [4.78, 5) is 50.8. The lowest BCUT2D eigenvalue weighted by Gasteiger charge is -2.23. The number of benzene rings is 3. The van der Waals surface area contributed by atoms with E-state index in [0.29, 0.717) is 0 Å². The maximum atomic E-state index is 14.0. The molecule has 0 fully saturated rings. The van der Waals surface area contributed by atoms with E-state index in [1.807, 2.05) is 48.5 Å². The number of halogens is 5. The summed E-state index contributed by atoms with van der Waals surface area (Å²) in [7, 11) is 0. The maximum absolute atomic E-state index is 14.0. The van der Waals surface area contributed by atoms with Crippen molar-refractivity contribution in [2.24, 2.45) is 0 Å². The number of hydrogen-bond donors (Lipinski definition) is 1. The quantitative estimate of drug-likeness (QED) is 0.0766. The fourth-order valence-electron chi connectivity index (χ4n) is 4.69. The van der Waals surface area contributed by atoms with Crippen molar-refractivity contribution < 1.29 is 60.1 Å². The third-order valence-corrected chi connectivity index (χ3v) is 6.71. The van der Waals surface area contributed by atoms with E-state index < -0.39 is 83.0 Å². The van der Waals surface area contributed by atoms with Gasteiger partial charge in [-0.2, -0.15) is 8.78 Å². The van der Waals surface area contributed by atoms with Crippen LogP contribution < -0.4 is 10.1 Å². The van der Waals surface area contributed by atoms with E-state index in [9.17, 15) is 41.1 Å². The zero-order valence-corrected chi connectivity index (χ0v) is 24.9. The van der Waals surface area contributed by atoms with Gasteiger partial charge in [-0.25, -0.2) is 27.6 Å². The van der Waals surface area contributed by atoms with Crippen LogP contribution >= 0.6 is 0 Å². The van der Waals surface area contributed by atoms with Gasteiger partial charge >= 0.3 is 24.0 Å². The normalized spacial score (nSPS) is 13.6. The van der Waals surface area contributed by atoms with Crippen LogP contribution in [0.4, 0.5) is 26.7 Å². The maximum Gasteiger partial charge on any atom is 0.407 e. The first-order valence-corrected chi connectivity index (χ1v) is 13.9. The summed E-state index contributed by atoms with van der Waals surface area (Å²) in [6, 6.07) is 13.3. The molecule has 3 aromatic carbocycles. The van der Waals surface area contributed by atoms with Gasteiger partial charge in [-0.3, -0.25) is 4.79 Å². The van der Waals surface area contributed by atoms with E-state index in [1.54, 1.807) is 20.8 Å². The first-order chi connectivity index (χ1) is 21.6. The minimum absolute atomic E-state index is 0.154. The SMILES string of the molecule is C[C@H](OC(=O)[C@H](CC(=O)OC(C)(C)C)NC(=O)OCC1c2ccccc2-c2ccccc21)C(=O)Oc1c(F)c(F)c(F)c(F)c1F. The van der Waals surface area contributed by atoms with Crippen LogP contribution in [0.1, 0.15) is 51.2 Å². The first-order valence-electron chi connectivity index (χ1n) is 13.9. The molecule has 46 heavy (non-hydrogen) atoms. The molecule has 9 nitrogen and oxygen atoms in total. The molecule has 14 heteroatoms. The highest BCUT2D eigenvalue weighted by Crippen LogP contribution is 2.44. The molecule has 3 aromatic rings. The molecule has 244 valence electrons. The number of rotatable bonds is 9. The Morgan fingerprint density at radius 3 is 1.80 bits per heavy atom. The minimum Gasteiger partial charge on any atom is -0.460 e. The van der Waals surface area contributed by atoms with Gasteiger partial charge in [0.2, 0.25) is 34.8 Å². The highest BCUT2D eigenvalue weighted by atomic mass is 19.2. The highest BCUT2D eigenvalue weighted by molar-refractivity contribution is 5.88. The van der Waals surface area contributed by atoms with Crippen molar-refractivity contribution in [1.82, 2.24) is 5.32 Å². The minimum atomic E-state index is -2.47. The highest BCUT2D eigenvalue weighted by Gasteiger charge is 2.35. The number of amides is 1. The number of carbonyl (C=O) groups is 4. The van der Waals surface area contributed by atoms with Gasteiger partial charge in [0.05, 0.1) is 6.42 Å². The number of fused-ring (bicyclic) bond motifs is 3. The summed E-state index contributed by atoms with van der Waals surface area (Å²) in [5.74, 6) is -18.4. The van der Waals surface area contributed by atoms with E-state index in [4.69, 9.17) is 14.2 Å². The summed E-state index contributed by atoms with van der Waals surface area (Å²) >= 11 is 0. The van der Waals surface area contributed by atoms with Gasteiger partial charge in [0.25, 0.3) is 0 Å². The number of carbonyl (C=O) groups excluding carboxylic acids is 4.